The highest BCUT2D eigenvalue weighted by molar-refractivity contribution is 6.13. The number of benzene rings is 5. The minimum absolute atomic E-state index is 1.34. The Morgan fingerprint density at radius 1 is 0.321 bits per heavy atom. The van der Waals surface area contributed by atoms with Crippen LogP contribution in [0.25, 0.3) is 43.1 Å². The molecule has 0 heteroatoms. The zero-order valence-corrected chi connectivity index (χ0v) is 17.6. The van der Waals surface area contributed by atoms with Crippen molar-refractivity contribution in [1.29, 1.82) is 0 Å². The first-order chi connectivity index (χ1) is 13.3. The topological polar surface area (TPSA) is 0 Å². The lowest BCUT2D eigenvalue weighted by molar-refractivity contribution is 1.36. The van der Waals surface area contributed by atoms with E-state index >= 15 is 0 Å². The molecule has 0 heterocycles. The summed E-state index contributed by atoms with van der Waals surface area (Å²) >= 11 is 0. The highest BCUT2D eigenvalue weighted by atomic mass is 14.2. The van der Waals surface area contributed by atoms with E-state index < -0.39 is 0 Å². The zero-order chi connectivity index (χ0) is 19.7. The predicted molar refractivity (Wildman–Crippen MR) is 125 cm³/mol. The van der Waals surface area contributed by atoms with Crippen LogP contribution in [-0.4, -0.2) is 0 Å². The van der Waals surface area contributed by atoms with Gasteiger partial charge in [0.25, 0.3) is 0 Å². The van der Waals surface area contributed by atoms with Gasteiger partial charge in [0.05, 0.1) is 0 Å². The Labute approximate surface area is 166 Å². The van der Waals surface area contributed by atoms with Crippen LogP contribution in [0, 0.1) is 41.5 Å². The molecule has 0 saturated carbocycles. The Morgan fingerprint density at radius 2 is 0.536 bits per heavy atom. The number of hydrogen-bond acceptors (Lipinski definition) is 0. The lowest BCUT2D eigenvalue weighted by atomic mass is 9.88. The van der Waals surface area contributed by atoms with Crippen molar-refractivity contribution in [3.05, 3.63) is 81.9 Å². The fraction of sp³-hybridized carbons (Fsp3) is 0.214. The molecule has 0 atom stereocenters. The molecule has 0 N–H and O–H groups in total. The van der Waals surface area contributed by atoms with Crippen molar-refractivity contribution in [2.45, 2.75) is 41.5 Å². The van der Waals surface area contributed by atoms with Gasteiger partial charge in [-0.05, 0) is 142 Å². The van der Waals surface area contributed by atoms with Crippen molar-refractivity contribution in [3.63, 3.8) is 0 Å². The second kappa shape index (κ2) is 5.82. The second-order valence-electron chi connectivity index (χ2n) is 8.61. The summed E-state index contributed by atoms with van der Waals surface area (Å²) in [4.78, 5) is 0. The van der Waals surface area contributed by atoms with Gasteiger partial charge >= 0.3 is 0 Å². The minimum Gasteiger partial charge on any atom is -0.0512 e. The van der Waals surface area contributed by atoms with Gasteiger partial charge in [-0.2, -0.15) is 0 Å². The van der Waals surface area contributed by atoms with Gasteiger partial charge in [0.15, 0.2) is 0 Å². The van der Waals surface area contributed by atoms with Gasteiger partial charge in [0, 0.05) is 0 Å². The molecule has 0 aliphatic carbocycles. The largest absolute Gasteiger partial charge is 0.0512 e. The van der Waals surface area contributed by atoms with E-state index in [0.717, 1.165) is 0 Å². The minimum atomic E-state index is 1.34. The molecule has 0 aliphatic heterocycles. The lowest BCUT2D eigenvalue weighted by Gasteiger charge is -2.16. The summed E-state index contributed by atoms with van der Waals surface area (Å²) < 4.78 is 0. The molecule has 0 radical (unpaired) electrons. The van der Waals surface area contributed by atoms with Crippen molar-refractivity contribution in [2.75, 3.05) is 0 Å². The molecule has 0 nitrogen and oxygen atoms in total. The van der Waals surface area contributed by atoms with E-state index in [1.165, 1.54) is 76.5 Å². The standard InChI is InChI=1S/C28H26/c1-15-7-21-11-25-19(5)27-13-23-9-17(3)18(4)10-24(23)14-28(27)20(6)26(25)12-22(21)8-16(15)2/h7-14H,1-6H3. The third-order valence-corrected chi connectivity index (χ3v) is 6.79. The first-order valence-corrected chi connectivity index (χ1v) is 10.1. The summed E-state index contributed by atoms with van der Waals surface area (Å²) in [7, 11) is 0. The molecule has 0 spiro atoms. The third kappa shape index (κ3) is 2.37. The van der Waals surface area contributed by atoms with Crippen LogP contribution in [0.5, 0.6) is 0 Å². The summed E-state index contributed by atoms with van der Waals surface area (Å²) in [6, 6.07) is 18.9. The lowest BCUT2D eigenvalue weighted by Crippen LogP contribution is -1.91. The smallest absolute Gasteiger partial charge is 0.0139 e. The third-order valence-electron chi connectivity index (χ3n) is 6.79. The summed E-state index contributed by atoms with van der Waals surface area (Å²) in [5.41, 5.74) is 8.21. The predicted octanol–water partition coefficient (Wildman–Crippen LogP) is 8.15. The van der Waals surface area contributed by atoms with Gasteiger partial charge in [0.2, 0.25) is 0 Å². The molecule has 28 heavy (non-hydrogen) atoms. The Bertz CT molecular complexity index is 1230. The van der Waals surface area contributed by atoms with Crippen LogP contribution in [-0.2, 0) is 0 Å². The van der Waals surface area contributed by atoms with Crippen molar-refractivity contribution in [2.24, 2.45) is 0 Å². The van der Waals surface area contributed by atoms with Crippen molar-refractivity contribution < 1.29 is 0 Å². The van der Waals surface area contributed by atoms with E-state index in [-0.39, 0.29) is 0 Å². The average molecular weight is 363 g/mol. The van der Waals surface area contributed by atoms with Crippen molar-refractivity contribution in [1.82, 2.24) is 0 Å². The molecule has 0 fully saturated rings. The van der Waals surface area contributed by atoms with Crippen LogP contribution >= 0.6 is 0 Å². The van der Waals surface area contributed by atoms with Crippen LogP contribution in [0.4, 0.5) is 0 Å². The SMILES string of the molecule is Cc1cc2cc3c(C)c4cc5cc(C)c(C)cc5cc4c(C)c3cc2cc1C. The molecule has 5 aromatic carbocycles. The summed E-state index contributed by atoms with van der Waals surface area (Å²) in [6.45, 7) is 13.4. The van der Waals surface area contributed by atoms with Crippen LogP contribution < -0.4 is 0 Å². The second-order valence-corrected chi connectivity index (χ2v) is 8.61. The first kappa shape index (κ1) is 17.3. The molecule has 5 aromatic rings. The Balaban J connectivity index is 1.97. The van der Waals surface area contributed by atoms with Crippen LogP contribution in [0.15, 0.2) is 48.5 Å². The van der Waals surface area contributed by atoms with Crippen molar-refractivity contribution >= 4 is 43.1 Å². The molecule has 0 aromatic heterocycles. The van der Waals surface area contributed by atoms with Gasteiger partial charge in [-0.25, -0.2) is 0 Å². The van der Waals surface area contributed by atoms with Gasteiger partial charge in [-0.3, -0.25) is 0 Å². The van der Waals surface area contributed by atoms with Crippen LogP contribution in [0.1, 0.15) is 33.4 Å². The number of fused-ring (bicyclic) bond motifs is 4. The first-order valence-electron chi connectivity index (χ1n) is 10.1. The molecule has 0 bridgehead atoms. The maximum atomic E-state index is 2.39. The van der Waals surface area contributed by atoms with E-state index in [2.05, 4.69) is 90.1 Å². The van der Waals surface area contributed by atoms with Crippen molar-refractivity contribution in [3.8, 4) is 0 Å². The van der Waals surface area contributed by atoms with Crippen LogP contribution in [0.2, 0.25) is 0 Å². The Hall–Kier alpha value is -2.86. The highest BCUT2D eigenvalue weighted by Gasteiger charge is 2.12. The van der Waals surface area contributed by atoms with E-state index in [4.69, 9.17) is 0 Å². The summed E-state index contributed by atoms with van der Waals surface area (Å²) in [5.74, 6) is 0. The van der Waals surface area contributed by atoms with Gasteiger partial charge in [-0.1, -0.05) is 24.3 Å². The molecular weight excluding hydrogens is 336 g/mol. The highest BCUT2D eigenvalue weighted by Crippen LogP contribution is 2.37. The number of aryl methyl sites for hydroxylation is 6. The van der Waals surface area contributed by atoms with E-state index in [0.29, 0.717) is 0 Å². The molecule has 0 amide bonds. The Morgan fingerprint density at radius 3 is 0.750 bits per heavy atom. The molecule has 0 aliphatic rings. The monoisotopic (exact) mass is 362 g/mol. The number of rotatable bonds is 0. The molecule has 0 unspecified atom stereocenters. The fourth-order valence-corrected chi connectivity index (χ4v) is 4.69. The molecular formula is C28H26. The molecule has 0 saturated heterocycles. The van der Waals surface area contributed by atoms with E-state index in [1.54, 1.807) is 0 Å². The maximum absolute atomic E-state index is 2.39. The quantitative estimate of drug-likeness (QED) is 0.244. The van der Waals surface area contributed by atoms with Gasteiger partial charge in [-0.15, -0.1) is 0 Å². The van der Waals surface area contributed by atoms with Crippen LogP contribution in [0.3, 0.4) is 0 Å². The van der Waals surface area contributed by atoms with Gasteiger partial charge in [0.1, 0.15) is 0 Å². The molecule has 138 valence electrons. The Kier molecular flexibility index (Phi) is 3.58. The molecule has 5 rings (SSSR count). The van der Waals surface area contributed by atoms with E-state index in [9.17, 15) is 0 Å². The zero-order valence-electron chi connectivity index (χ0n) is 17.6. The summed E-state index contributed by atoms with van der Waals surface area (Å²) in [6.07, 6.45) is 0. The normalized spacial score (nSPS) is 11.9. The van der Waals surface area contributed by atoms with Gasteiger partial charge < -0.3 is 0 Å². The summed E-state index contributed by atoms with van der Waals surface area (Å²) in [5, 5.41) is 10.9. The fourth-order valence-electron chi connectivity index (χ4n) is 4.69. The maximum Gasteiger partial charge on any atom is -0.0139 e. The van der Waals surface area contributed by atoms with E-state index in [1.807, 2.05) is 0 Å². The number of hydrogen-bond donors (Lipinski definition) is 0. The average Bonchev–Trinajstić information content (AvgIpc) is 2.66.